The van der Waals surface area contributed by atoms with E-state index in [2.05, 4.69) is 205 Å². The second kappa shape index (κ2) is 12.0. The van der Waals surface area contributed by atoms with Crippen molar-refractivity contribution in [1.82, 2.24) is 0 Å². The van der Waals surface area contributed by atoms with Crippen molar-refractivity contribution in [3.8, 4) is 22.3 Å². The first-order chi connectivity index (χ1) is 25.3. The van der Waals surface area contributed by atoms with Crippen LogP contribution in [0.3, 0.4) is 0 Å². The molecule has 0 heterocycles. The van der Waals surface area contributed by atoms with Gasteiger partial charge in [-0.1, -0.05) is 170 Å². The third-order valence-electron chi connectivity index (χ3n) is 10.4. The van der Waals surface area contributed by atoms with Gasteiger partial charge in [-0.25, -0.2) is 0 Å². The van der Waals surface area contributed by atoms with Gasteiger partial charge in [-0.3, -0.25) is 0 Å². The minimum absolute atomic E-state index is 1.11. The summed E-state index contributed by atoms with van der Waals surface area (Å²) in [6.45, 7) is 0. The molecule has 0 bridgehead atoms. The molecule has 0 atom stereocenters. The van der Waals surface area contributed by atoms with E-state index < -0.39 is 0 Å². The van der Waals surface area contributed by atoms with Crippen molar-refractivity contribution in [3.05, 3.63) is 200 Å². The zero-order chi connectivity index (χ0) is 33.7. The van der Waals surface area contributed by atoms with Gasteiger partial charge in [-0.2, -0.15) is 0 Å². The molecular formula is C50H33N. The van der Waals surface area contributed by atoms with Crippen LogP contribution in [0, 0.1) is 0 Å². The van der Waals surface area contributed by atoms with Gasteiger partial charge in [0.25, 0.3) is 0 Å². The summed E-state index contributed by atoms with van der Waals surface area (Å²) >= 11 is 0. The monoisotopic (exact) mass is 647 g/mol. The number of nitrogens with zero attached hydrogens (tertiary/aromatic N) is 1. The molecule has 0 amide bonds. The Morgan fingerprint density at radius 1 is 0.255 bits per heavy atom. The number of anilines is 3. The van der Waals surface area contributed by atoms with Gasteiger partial charge in [-0.05, 0) is 101 Å². The normalized spacial score (nSPS) is 11.5. The molecule has 0 aromatic heterocycles. The van der Waals surface area contributed by atoms with Crippen LogP contribution in [0.1, 0.15) is 0 Å². The van der Waals surface area contributed by atoms with Gasteiger partial charge < -0.3 is 4.90 Å². The van der Waals surface area contributed by atoms with Gasteiger partial charge in [0, 0.05) is 16.9 Å². The molecule has 0 saturated carbocycles. The van der Waals surface area contributed by atoms with Crippen LogP contribution in [0.2, 0.25) is 0 Å². The molecule has 0 saturated heterocycles. The van der Waals surface area contributed by atoms with Crippen LogP contribution in [-0.4, -0.2) is 0 Å². The maximum Gasteiger partial charge on any atom is 0.0540 e. The van der Waals surface area contributed by atoms with E-state index in [1.807, 2.05) is 0 Å². The molecule has 51 heavy (non-hydrogen) atoms. The van der Waals surface area contributed by atoms with Gasteiger partial charge in [0.2, 0.25) is 0 Å². The molecule has 1 heteroatoms. The average molecular weight is 648 g/mol. The Morgan fingerprint density at radius 3 is 1.55 bits per heavy atom. The summed E-state index contributed by atoms with van der Waals surface area (Å²) in [5.74, 6) is 0. The van der Waals surface area contributed by atoms with Crippen molar-refractivity contribution >= 4 is 70.9 Å². The summed E-state index contributed by atoms with van der Waals surface area (Å²) in [5, 5.41) is 12.7. The smallest absolute Gasteiger partial charge is 0.0540 e. The first kappa shape index (κ1) is 29.2. The lowest BCUT2D eigenvalue weighted by atomic mass is 9.92. The van der Waals surface area contributed by atoms with E-state index in [-0.39, 0.29) is 0 Å². The van der Waals surface area contributed by atoms with Crippen LogP contribution in [0.5, 0.6) is 0 Å². The fourth-order valence-electron chi connectivity index (χ4n) is 7.98. The summed E-state index contributed by atoms with van der Waals surface area (Å²) in [6, 6.07) is 73.0. The van der Waals surface area contributed by atoms with E-state index in [1.165, 1.54) is 76.1 Å². The fraction of sp³-hybridized carbons (Fsp3) is 0. The highest BCUT2D eigenvalue weighted by atomic mass is 15.1. The molecule has 238 valence electrons. The SMILES string of the molecule is c1ccc(-c2ccccc2N(c2ccc(-c3cccc4c3ccc3c5ccccc5ccc43)cc2)c2ccc3ccc4ccccc4c3c2)cc1. The standard InChI is InChI=1S/C50H33N/c1-2-11-34(12-3-1)44-17-8-9-20-50(44)51(40-29-25-38-22-21-35-13-5-7-16-43(35)49(38)33-40)39-27-23-37(24-28-39)42-18-10-19-45-46(42)31-32-47-41-15-6-4-14-36(41)26-30-48(45)47/h1-33H. The fourth-order valence-corrected chi connectivity index (χ4v) is 7.98. The minimum Gasteiger partial charge on any atom is -0.310 e. The topological polar surface area (TPSA) is 3.24 Å². The summed E-state index contributed by atoms with van der Waals surface area (Å²) < 4.78 is 0. The lowest BCUT2D eigenvalue weighted by Crippen LogP contribution is -2.11. The first-order valence-corrected chi connectivity index (χ1v) is 17.6. The van der Waals surface area contributed by atoms with E-state index in [9.17, 15) is 0 Å². The molecule has 0 aliphatic heterocycles. The molecule has 0 spiro atoms. The molecular weight excluding hydrogens is 615 g/mol. The number of benzene rings is 10. The summed E-state index contributed by atoms with van der Waals surface area (Å²) in [6.07, 6.45) is 0. The summed E-state index contributed by atoms with van der Waals surface area (Å²) in [5.41, 5.74) is 8.19. The number of rotatable bonds is 5. The Bertz CT molecular complexity index is 2900. The Kier molecular flexibility index (Phi) is 6.89. The lowest BCUT2D eigenvalue weighted by Gasteiger charge is -2.28. The Hall–Kier alpha value is -6.70. The summed E-state index contributed by atoms with van der Waals surface area (Å²) in [4.78, 5) is 2.41. The predicted octanol–water partition coefficient (Wildman–Crippen LogP) is 14.3. The molecule has 0 unspecified atom stereocenters. The highest BCUT2D eigenvalue weighted by Crippen LogP contribution is 2.43. The predicted molar refractivity (Wildman–Crippen MR) is 220 cm³/mol. The van der Waals surface area contributed by atoms with Crippen LogP contribution in [0.25, 0.3) is 76.1 Å². The number of hydrogen-bond acceptors (Lipinski definition) is 1. The van der Waals surface area contributed by atoms with Gasteiger partial charge in [0.05, 0.1) is 5.69 Å². The number of fused-ring (bicyclic) bond motifs is 8. The largest absolute Gasteiger partial charge is 0.310 e. The Balaban J connectivity index is 1.14. The van der Waals surface area contributed by atoms with Crippen molar-refractivity contribution in [2.75, 3.05) is 4.90 Å². The molecule has 10 rings (SSSR count). The van der Waals surface area contributed by atoms with Gasteiger partial charge in [-0.15, -0.1) is 0 Å². The number of hydrogen-bond donors (Lipinski definition) is 0. The maximum atomic E-state index is 2.41. The Labute approximate surface area is 297 Å². The molecule has 0 aliphatic rings. The molecule has 10 aromatic carbocycles. The van der Waals surface area contributed by atoms with Crippen molar-refractivity contribution in [1.29, 1.82) is 0 Å². The molecule has 10 aromatic rings. The van der Waals surface area contributed by atoms with Gasteiger partial charge in [0.1, 0.15) is 0 Å². The molecule has 0 fully saturated rings. The Morgan fingerprint density at radius 2 is 0.745 bits per heavy atom. The third kappa shape index (κ3) is 4.94. The van der Waals surface area contributed by atoms with Crippen LogP contribution in [0.15, 0.2) is 200 Å². The zero-order valence-electron chi connectivity index (χ0n) is 28.0. The highest BCUT2D eigenvalue weighted by Gasteiger charge is 2.18. The number of para-hydroxylation sites is 1. The van der Waals surface area contributed by atoms with E-state index in [0.717, 1.165) is 17.1 Å². The van der Waals surface area contributed by atoms with Crippen molar-refractivity contribution in [2.24, 2.45) is 0 Å². The van der Waals surface area contributed by atoms with Crippen molar-refractivity contribution in [3.63, 3.8) is 0 Å². The van der Waals surface area contributed by atoms with E-state index in [0.29, 0.717) is 0 Å². The zero-order valence-corrected chi connectivity index (χ0v) is 28.0. The molecule has 1 nitrogen and oxygen atoms in total. The first-order valence-electron chi connectivity index (χ1n) is 17.6. The van der Waals surface area contributed by atoms with Crippen molar-refractivity contribution < 1.29 is 0 Å². The average Bonchev–Trinajstić information content (AvgIpc) is 3.21. The minimum atomic E-state index is 1.11. The van der Waals surface area contributed by atoms with Crippen LogP contribution < -0.4 is 4.90 Å². The molecule has 0 aliphatic carbocycles. The van der Waals surface area contributed by atoms with Gasteiger partial charge >= 0.3 is 0 Å². The van der Waals surface area contributed by atoms with E-state index in [4.69, 9.17) is 0 Å². The van der Waals surface area contributed by atoms with E-state index in [1.54, 1.807) is 0 Å². The second-order valence-corrected chi connectivity index (χ2v) is 13.3. The second-order valence-electron chi connectivity index (χ2n) is 13.3. The van der Waals surface area contributed by atoms with Crippen LogP contribution >= 0.6 is 0 Å². The molecule has 0 N–H and O–H groups in total. The summed E-state index contributed by atoms with van der Waals surface area (Å²) in [7, 11) is 0. The van der Waals surface area contributed by atoms with Crippen molar-refractivity contribution in [2.45, 2.75) is 0 Å². The van der Waals surface area contributed by atoms with E-state index >= 15 is 0 Å². The highest BCUT2D eigenvalue weighted by molar-refractivity contribution is 6.19. The van der Waals surface area contributed by atoms with Crippen LogP contribution in [0.4, 0.5) is 17.1 Å². The molecule has 0 radical (unpaired) electrons. The lowest BCUT2D eigenvalue weighted by molar-refractivity contribution is 1.29. The van der Waals surface area contributed by atoms with Gasteiger partial charge in [0.15, 0.2) is 0 Å². The third-order valence-corrected chi connectivity index (χ3v) is 10.4. The maximum absolute atomic E-state index is 2.41. The quantitative estimate of drug-likeness (QED) is 0.168. The van der Waals surface area contributed by atoms with Crippen LogP contribution in [-0.2, 0) is 0 Å².